The highest BCUT2D eigenvalue weighted by molar-refractivity contribution is 5.96. The minimum atomic E-state index is -0.195. The van der Waals surface area contributed by atoms with Crippen molar-refractivity contribution in [1.82, 2.24) is 4.57 Å². The molecule has 1 nitrogen and oxygen atoms in total. The Balaban J connectivity index is 2.30. The van der Waals surface area contributed by atoms with Gasteiger partial charge in [-0.25, -0.2) is 4.39 Å². The molecule has 1 aromatic heterocycles. The highest BCUT2D eigenvalue weighted by Gasteiger charge is 2.11. The molecule has 0 atom stereocenters. The number of aromatic nitrogens is 1. The van der Waals surface area contributed by atoms with Gasteiger partial charge in [0.25, 0.3) is 0 Å². The molecule has 1 heterocycles. The molecule has 0 spiro atoms. The molecule has 0 saturated heterocycles. The predicted octanol–water partition coefficient (Wildman–Crippen LogP) is 5.03. The van der Waals surface area contributed by atoms with E-state index in [0.29, 0.717) is 6.04 Å². The molecular weight excluding hydrogens is 237 g/mol. The zero-order valence-corrected chi connectivity index (χ0v) is 11.1. The Morgan fingerprint density at radius 2 is 1.79 bits per heavy atom. The number of para-hydroxylation sites is 1. The van der Waals surface area contributed by atoms with Crippen LogP contribution in [-0.4, -0.2) is 4.57 Å². The summed E-state index contributed by atoms with van der Waals surface area (Å²) in [6.45, 7) is 4.31. The molecule has 2 heteroatoms. The van der Waals surface area contributed by atoms with Crippen molar-refractivity contribution in [2.45, 2.75) is 19.9 Å². The fourth-order valence-electron chi connectivity index (χ4n) is 2.52. The van der Waals surface area contributed by atoms with Gasteiger partial charge in [-0.2, -0.15) is 0 Å². The normalized spacial score (nSPS) is 11.4. The molecular formula is C17H16FN. The van der Waals surface area contributed by atoms with E-state index in [-0.39, 0.29) is 5.82 Å². The van der Waals surface area contributed by atoms with Gasteiger partial charge >= 0.3 is 0 Å². The van der Waals surface area contributed by atoms with Gasteiger partial charge in [-0.15, -0.1) is 0 Å². The Hall–Kier alpha value is -2.09. The lowest BCUT2D eigenvalue weighted by atomic mass is 10.1. The second kappa shape index (κ2) is 4.54. The van der Waals surface area contributed by atoms with Gasteiger partial charge in [0.15, 0.2) is 0 Å². The summed E-state index contributed by atoms with van der Waals surface area (Å²) >= 11 is 0. The van der Waals surface area contributed by atoms with E-state index in [2.05, 4.69) is 36.7 Å². The van der Waals surface area contributed by atoms with E-state index in [1.165, 1.54) is 17.0 Å². The van der Waals surface area contributed by atoms with E-state index in [1.54, 1.807) is 12.1 Å². The second-order valence-electron chi connectivity index (χ2n) is 5.07. The number of nitrogens with zero attached hydrogens (tertiary/aromatic N) is 1. The highest BCUT2D eigenvalue weighted by Crippen LogP contribution is 2.32. The summed E-state index contributed by atoms with van der Waals surface area (Å²) in [5, 5.41) is 1.17. The molecule has 19 heavy (non-hydrogen) atoms. The maximum Gasteiger partial charge on any atom is 0.123 e. The minimum Gasteiger partial charge on any atom is -0.344 e. The van der Waals surface area contributed by atoms with Crippen molar-refractivity contribution in [3.8, 4) is 11.1 Å². The Bertz CT molecular complexity index is 725. The van der Waals surface area contributed by atoms with Crippen LogP contribution in [0.3, 0.4) is 0 Å². The van der Waals surface area contributed by atoms with Gasteiger partial charge in [-0.1, -0.05) is 30.3 Å². The Kier molecular flexibility index (Phi) is 2.86. The number of hydrogen-bond acceptors (Lipinski definition) is 0. The van der Waals surface area contributed by atoms with Crippen molar-refractivity contribution in [2.75, 3.05) is 0 Å². The molecule has 0 saturated carbocycles. The monoisotopic (exact) mass is 253 g/mol. The standard InChI is InChI=1S/C17H16FN/c1-12(2)19-11-16(13-6-5-7-14(18)10-13)15-8-3-4-9-17(15)19/h3-12H,1-2H3. The largest absolute Gasteiger partial charge is 0.344 e. The third-order valence-electron chi connectivity index (χ3n) is 3.43. The van der Waals surface area contributed by atoms with Crippen molar-refractivity contribution in [3.63, 3.8) is 0 Å². The summed E-state index contributed by atoms with van der Waals surface area (Å²) < 4.78 is 15.6. The van der Waals surface area contributed by atoms with E-state index in [4.69, 9.17) is 0 Å². The minimum absolute atomic E-state index is 0.195. The van der Waals surface area contributed by atoms with Gasteiger partial charge in [-0.05, 0) is 37.6 Å². The molecule has 0 N–H and O–H groups in total. The van der Waals surface area contributed by atoms with Crippen LogP contribution in [0, 0.1) is 5.82 Å². The van der Waals surface area contributed by atoms with E-state index in [1.807, 2.05) is 18.2 Å². The van der Waals surface area contributed by atoms with Gasteiger partial charge in [0.05, 0.1) is 0 Å². The van der Waals surface area contributed by atoms with Gasteiger partial charge in [0, 0.05) is 28.7 Å². The van der Waals surface area contributed by atoms with Gasteiger partial charge in [0.1, 0.15) is 5.82 Å². The van der Waals surface area contributed by atoms with Gasteiger partial charge < -0.3 is 4.57 Å². The first-order valence-electron chi connectivity index (χ1n) is 6.52. The van der Waals surface area contributed by atoms with Gasteiger partial charge in [-0.3, -0.25) is 0 Å². The van der Waals surface area contributed by atoms with Crippen molar-refractivity contribution in [1.29, 1.82) is 0 Å². The summed E-state index contributed by atoms with van der Waals surface area (Å²) in [6, 6.07) is 15.4. The van der Waals surface area contributed by atoms with E-state index >= 15 is 0 Å². The lowest BCUT2D eigenvalue weighted by molar-refractivity contribution is 0.623. The zero-order valence-electron chi connectivity index (χ0n) is 11.1. The van der Waals surface area contributed by atoms with Crippen LogP contribution in [0.2, 0.25) is 0 Å². The molecule has 96 valence electrons. The first-order valence-corrected chi connectivity index (χ1v) is 6.52. The lowest BCUT2D eigenvalue weighted by Gasteiger charge is -2.08. The van der Waals surface area contributed by atoms with Crippen LogP contribution in [0.1, 0.15) is 19.9 Å². The quantitative estimate of drug-likeness (QED) is 0.603. The van der Waals surface area contributed by atoms with Crippen molar-refractivity contribution in [2.24, 2.45) is 0 Å². The highest BCUT2D eigenvalue weighted by atomic mass is 19.1. The fourth-order valence-corrected chi connectivity index (χ4v) is 2.52. The SMILES string of the molecule is CC(C)n1cc(-c2cccc(F)c2)c2ccccc21. The summed E-state index contributed by atoms with van der Waals surface area (Å²) in [4.78, 5) is 0. The summed E-state index contributed by atoms with van der Waals surface area (Å²) in [5.41, 5.74) is 3.20. The van der Waals surface area contributed by atoms with Crippen LogP contribution in [0.15, 0.2) is 54.7 Å². The number of rotatable bonds is 2. The number of halogens is 1. The topological polar surface area (TPSA) is 4.93 Å². The molecule has 0 fully saturated rings. The van der Waals surface area contributed by atoms with Crippen molar-refractivity contribution < 1.29 is 4.39 Å². The van der Waals surface area contributed by atoms with Gasteiger partial charge in [0.2, 0.25) is 0 Å². The van der Waals surface area contributed by atoms with Crippen molar-refractivity contribution in [3.05, 3.63) is 60.5 Å². The third kappa shape index (κ3) is 2.03. The third-order valence-corrected chi connectivity index (χ3v) is 3.43. The maximum absolute atomic E-state index is 13.4. The molecule has 0 radical (unpaired) electrons. The molecule has 3 aromatic rings. The van der Waals surface area contributed by atoms with Crippen LogP contribution >= 0.6 is 0 Å². The summed E-state index contributed by atoms with van der Waals surface area (Å²) in [7, 11) is 0. The Labute approximate surface area is 112 Å². The predicted molar refractivity (Wildman–Crippen MR) is 77.7 cm³/mol. The maximum atomic E-state index is 13.4. The molecule has 0 bridgehead atoms. The molecule has 0 aliphatic rings. The molecule has 0 aliphatic carbocycles. The zero-order chi connectivity index (χ0) is 13.4. The fraction of sp³-hybridized carbons (Fsp3) is 0.176. The Morgan fingerprint density at radius 1 is 1.00 bits per heavy atom. The first kappa shape index (κ1) is 12.0. The molecule has 3 rings (SSSR count). The summed E-state index contributed by atoms with van der Waals surface area (Å²) in [6.07, 6.45) is 2.12. The van der Waals surface area contributed by atoms with Crippen LogP contribution in [-0.2, 0) is 0 Å². The van der Waals surface area contributed by atoms with E-state index < -0.39 is 0 Å². The number of hydrogen-bond donors (Lipinski definition) is 0. The molecule has 0 unspecified atom stereocenters. The molecule has 0 amide bonds. The lowest BCUT2D eigenvalue weighted by Crippen LogP contribution is -1.97. The average Bonchev–Trinajstić information content (AvgIpc) is 2.78. The van der Waals surface area contributed by atoms with E-state index in [9.17, 15) is 4.39 Å². The second-order valence-corrected chi connectivity index (χ2v) is 5.07. The van der Waals surface area contributed by atoms with Crippen LogP contribution in [0.5, 0.6) is 0 Å². The van der Waals surface area contributed by atoms with E-state index in [0.717, 1.165) is 11.1 Å². The van der Waals surface area contributed by atoms with Crippen LogP contribution in [0.25, 0.3) is 22.0 Å². The summed E-state index contributed by atoms with van der Waals surface area (Å²) in [5.74, 6) is -0.195. The molecule has 2 aromatic carbocycles. The number of fused-ring (bicyclic) bond motifs is 1. The van der Waals surface area contributed by atoms with Crippen LogP contribution < -0.4 is 0 Å². The average molecular weight is 253 g/mol. The smallest absolute Gasteiger partial charge is 0.123 e. The first-order chi connectivity index (χ1) is 9.16. The Morgan fingerprint density at radius 3 is 2.53 bits per heavy atom. The molecule has 0 aliphatic heterocycles. The van der Waals surface area contributed by atoms with Crippen molar-refractivity contribution >= 4 is 10.9 Å². The number of benzene rings is 2. The van der Waals surface area contributed by atoms with Crippen LogP contribution in [0.4, 0.5) is 4.39 Å².